The zero-order chi connectivity index (χ0) is 19.6. The second-order valence-electron chi connectivity index (χ2n) is 4.95. The van der Waals surface area contributed by atoms with Crippen LogP contribution in [0.2, 0.25) is 15.2 Å². The minimum atomic E-state index is -1.28. The summed E-state index contributed by atoms with van der Waals surface area (Å²) in [6.45, 7) is 1.29. The number of nitrogens with two attached hydrogens (primary N) is 1. The molecule has 1 aromatic carbocycles. The summed E-state index contributed by atoms with van der Waals surface area (Å²) in [6, 6.07) is 4.07. The van der Waals surface area contributed by atoms with Crippen LogP contribution in [0.3, 0.4) is 0 Å². The average Bonchev–Trinajstić information content (AvgIpc) is 2.58. The second-order valence-corrected chi connectivity index (χ2v) is 6.98. The quantitative estimate of drug-likeness (QED) is 0.483. The fourth-order valence-electron chi connectivity index (χ4n) is 1.76. The Bertz CT molecular complexity index is 898. The van der Waals surface area contributed by atoms with E-state index in [0.29, 0.717) is 4.47 Å². The summed E-state index contributed by atoms with van der Waals surface area (Å²) >= 11 is 20.5. The van der Waals surface area contributed by atoms with Crippen molar-refractivity contribution in [3.05, 3.63) is 49.4 Å². The number of anilines is 2. The molecular weight excluding hydrogens is 475 g/mol. The molecule has 26 heavy (non-hydrogen) atoms. The minimum Gasteiger partial charge on any atom is -0.448 e. The predicted molar refractivity (Wildman–Crippen MR) is 101 cm³/mol. The summed E-state index contributed by atoms with van der Waals surface area (Å²) in [5.41, 5.74) is 5.01. The van der Waals surface area contributed by atoms with Crippen molar-refractivity contribution in [1.82, 2.24) is 4.98 Å². The van der Waals surface area contributed by atoms with E-state index in [1.165, 1.54) is 25.1 Å². The van der Waals surface area contributed by atoms with Gasteiger partial charge in [-0.05, 0) is 25.1 Å². The molecule has 1 heterocycles. The lowest BCUT2D eigenvalue weighted by Crippen LogP contribution is -2.30. The van der Waals surface area contributed by atoms with Gasteiger partial charge in [0.25, 0.3) is 5.91 Å². The Morgan fingerprint density at radius 2 is 1.96 bits per heavy atom. The molecule has 0 aliphatic rings. The lowest BCUT2D eigenvalue weighted by Gasteiger charge is -2.15. The molecule has 0 saturated carbocycles. The number of esters is 1. The Morgan fingerprint density at radius 1 is 1.31 bits per heavy atom. The molecule has 1 aromatic heterocycles. The number of hydrogen-bond acceptors (Lipinski definition) is 5. The molecule has 1 amide bonds. The number of nitrogens with one attached hydrogen (secondary N) is 1. The number of ether oxygens (including phenoxy) is 1. The molecule has 3 N–H and O–H groups in total. The first kappa shape index (κ1) is 20.7. The van der Waals surface area contributed by atoms with E-state index in [0.717, 1.165) is 0 Å². The highest BCUT2D eigenvalue weighted by Crippen LogP contribution is 2.34. The number of hydrogen-bond donors (Lipinski definition) is 2. The summed E-state index contributed by atoms with van der Waals surface area (Å²) < 4.78 is 19.2. The maximum absolute atomic E-state index is 13.8. The molecule has 2 rings (SSSR count). The van der Waals surface area contributed by atoms with E-state index in [2.05, 4.69) is 26.2 Å². The van der Waals surface area contributed by atoms with Gasteiger partial charge in [-0.15, -0.1) is 0 Å². The van der Waals surface area contributed by atoms with Gasteiger partial charge in [0.1, 0.15) is 10.8 Å². The zero-order valence-electron chi connectivity index (χ0n) is 12.9. The fraction of sp³-hybridized carbons (Fsp3) is 0.133. The highest BCUT2D eigenvalue weighted by atomic mass is 79.9. The average molecular weight is 486 g/mol. The largest absolute Gasteiger partial charge is 0.448 e. The molecule has 0 fully saturated rings. The summed E-state index contributed by atoms with van der Waals surface area (Å²) in [7, 11) is 0. The number of rotatable bonds is 4. The Balaban J connectivity index is 2.13. The summed E-state index contributed by atoms with van der Waals surface area (Å²) in [4.78, 5) is 28.0. The monoisotopic (exact) mass is 483 g/mol. The molecule has 1 unspecified atom stereocenters. The van der Waals surface area contributed by atoms with E-state index < -0.39 is 29.5 Å². The van der Waals surface area contributed by atoms with Crippen molar-refractivity contribution in [3.63, 3.8) is 0 Å². The molecule has 2 aromatic rings. The van der Waals surface area contributed by atoms with Gasteiger partial charge in [0.05, 0.1) is 16.4 Å². The van der Waals surface area contributed by atoms with Crippen LogP contribution in [0.25, 0.3) is 0 Å². The van der Waals surface area contributed by atoms with Gasteiger partial charge in [-0.1, -0.05) is 50.7 Å². The number of pyridine rings is 1. The summed E-state index contributed by atoms with van der Waals surface area (Å²) in [5, 5.41) is 1.70. The number of amides is 1. The molecule has 11 heteroatoms. The van der Waals surface area contributed by atoms with Gasteiger partial charge in [0.15, 0.2) is 17.0 Å². The molecule has 0 bridgehead atoms. The molecule has 138 valence electrons. The van der Waals surface area contributed by atoms with Crippen molar-refractivity contribution in [1.29, 1.82) is 0 Å². The molecule has 1 atom stereocenters. The van der Waals surface area contributed by atoms with Gasteiger partial charge in [-0.3, -0.25) is 4.79 Å². The van der Waals surface area contributed by atoms with Gasteiger partial charge in [-0.2, -0.15) is 0 Å². The highest BCUT2D eigenvalue weighted by molar-refractivity contribution is 9.10. The molecular formula is C15H10BrCl3FN3O3. The van der Waals surface area contributed by atoms with E-state index >= 15 is 0 Å². The third-order valence-corrected chi connectivity index (χ3v) is 4.74. The van der Waals surface area contributed by atoms with Gasteiger partial charge in [-0.25, -0.2) is 14.2 Å². The highest BCUT2D eigenvalue weighted by Gasteiger charge is 2.25. The first-order valence-corrected chi connectivity index (χ1v) is 8.81. The van der Waals surface area contributed by atoms with Crippen LogP contribution < -0.4 is 11.1 Å². The van der Waals surface area contributed by atoms with E-state index in [-0.39, 0.29) is 26.6 Å². The lowest BCUT2D eigenvalue weighted by molar-refractivity contribution is -0.123. The minimum absolute atomic E-state index is 0.0731. The SMILES string of the molecule is CC(OC(=O)c1nc(Cl)c(Cl)c(N)c1Cl)C(=O)Nc1ccc(Br)cc1F. The number of halogens is 5. The third-order valence-electron chi connectivity index (χ3n) is 3.11. The molecule has 0 radical (unpaired) electrons. The Kier molecular flexibility index (Phi) is 6.68. The Morgan fingerprint density at radius 3 is 2.58 bits per heavy atom. The summed E-state index contributed by atoms with van der Waals surface area (Å²) in [5.74, 6) is -2.46. The van der Waals surface area contributed by atoms with Crippen molar-refractivity contribution >= 4 is 74.0 Å². The smallest absolute Gasteiger partial charge is 0.359 e. The number of nitrogens with zero attached hydrogens (tertiary/aromatic N) is 1. The van der Waals surface area contributed by atoms with Crippen LogP contribution in [0.4, 0.5) is 15.8 Å². The van der Waals surface area contributed by atoms with Gasteiger partial charge in [0.2, 0.25) is 0 Å². The first-order valence-electron chi connectivity index (χ1n) is 6.88. The standard InChI is InChI=1S/C15H10BrCl3FN3O3/c1-5(14(24)22-8-3-2-6(16)4-7(8)20)26-15(25)12-9(17)11(21)10(18)13(19)23-12/h2-5H,1H3,(H2,21,23)(H,22,24). The number of nitrogen functional groups attached to an aromatic ring is 1. The lowest BCUT2D eigenvalue weighted by atomic mass is 10.2. The van der Waals surface area contributed by atoms with Crippen LogP contribution in [0, 0.1) is 5.82 Å². The van der Waals surface area contributed by atoms with Gasteiger partial charge < -0.3 is 15.8 Å². The summed E-state index contributed by atoms with van der Waals surface area (Å²) in [6.07, 6.45) is -1.28. The number of carbonyl (C=O) groups is 2. The maximum atomic E-state index is 13.8. The molecule has 0 aliphatic carbocycles. The van der Waals surface area contributed by atoms with Crippen molar-refractivity contribution in [2.45, 2.75) is 13.0 Å². The Hall–Kier alpha value is -1.61. The van der Waals surface area contributed by atoms with E-state index in [1.807, 2.05) is 0 Å². The number of aromatic nitrogens is 1. The Labute approximate surface area is 170 Å². The van der Waals surface area contributed by atoms with Crippen LogP contribution in [-0.2, 0) is 9.53 Å². The van der Waals surface area contributed by atoms with Crippen LogP contribution in [0.15, 0.2) is 22.7 Å². The third kappa shape index (κ3) is 4.56. The van der Waals surface area contributed by atoms with Crippen LogP contribution in [0.1, 0.15) is 17.4 Å². The fourth-order valence-corrected chi connectivity index (χ4v) is 2.68. The van der Waals surface area contributed by atoms with E-state index in [4.69, 9.17) is 45.3 Å². The van der Waals surface area contributed by atoms with Gasteiger partial charge in [0, 0.05) is 4.47 Å². The molecule has 0 saturated heterocycles. The van der Waals surface area contributed by atoms with E-state index in [1.54, 1.807) is 0 Å². The molecule has 0 spiro atoms. The topological polar surface area (TPSA) is 94.3 Å². The molecule has 0 aliphatic heterocycles. The maximum Gasteiger partial charge on any atom is 0.359 e. The van der Waals surface area contributed by atoms with Crippen molar-refractivity contribution in [3.8, 4) is 0 Å². The van der Waals surface area contributed by atoms with Crippen LogP contribution in [0.5, 0.6) is 0 Å². The molecule has 6 nitrogen and oxygen atoms in total. The zero-order valence-corrected chi connectivity index (χ0v) is 16.8. The first-order chi connectivity index (χ1) is 12.1. The van der Waals surface area contributed by atoms with Crippen molar-refractivity contribution < 1.29 is 18.7 Å². The number of benzene rings is 1. The normalized spacial score (nSPS) is 11.8. The van der Waals surface area contributed by atoms with Crippen LogP contribution in [-0.4, -0.2) is 23.0 Å². The second kappa shape index (κ2) is 8.39. The van der Waals surface area contributed by atoms with Crippen molar-refractivity contribution in [2.24, 2.45) is 0 Å². The van der Waals surface area contributed by atoms with Crippen molar-refractivity contribution in [2.75, 3.05) is 11.1 Å². The van der Waals surface area contributed by atoms with Crippen LogP contribution >= 0.6 is 50.7 Å². The van der Waals surface area contributed by atoms with E-state index in [9.17, 15) is 14.0 Å². The number of carbonyl (C=O) groups excluding carboxylic acids is 2. The predicted octanol–water partition coefficient (Wildman–Crippen LogP) is 4.71. The van der Waals surface area contributed by atoms with Gasteiger partial charge >= 0.3 is 5.97 Å².